The number of hydrogen-bond acceptors (Lipinski definition) is 3. The van der Waals surface area contributed by atoms with Crippen molar-refractivity contribution in [3.63, 3.8) is 0 Å². The number of ether oxygens (including phenoxy) is 1. The molecule has 1 aliphatic rings. The van der Waals surface area contributed by atoms with E-state index in [1.54, 1.807) is 0 Å². The first-order valence-corrected chi connectivity index (χ1v) is 7.61. The molecule has 0 spiro atoms. The van der Waals surface area contributed by atoms with Gasteiger partial charge in [0.25, 0.3) is 0 Å². The van der Waals surface area contributed by atoms with E-state index in [1.165, 1.54) is 12.8 Å². The lowest BCUT2D eigenvalue weighted by molar-refractivity contribution is 0.0967. The lowest BCUT2D eigenvalue weighted by Gasteiger charge is -2.16. The van der Waals surface area contributed by atoms with Crippen LogP contribution in [0, 0.1) is 13.8 Å². The molecule has 0 unspecified atom stereocenters. The Labute approximate surface area is 121 Å². The fourth-order valence-electron chi connectivity index (χ4n) is 3.00. The van der Waals surface area contributed by atoms with Gasteiger partial charge in [0, 0.05) is 18.5 Å². The molecular formula is C17H25NO2. The van der Waals surface area contributed by atoms with Crippen LogP contribution in [0.2, 0.25) is 0 Å². The van der Waals surface area contributed by atoms with Crippen LogP contribution in [0.4, 0.5) is 0 Å². The number of benzene rings is 1. The number of carbonyl (C=O) groups excluding carboxylic acids is 1. The maximum absolute atomic E-state index is 12.4. The second-order valence-electron chi connectivity index (χ2n) is 5.59. The zero-order chi connectivity index (χ0) is 14.5. The summed E-state index contributed by atoms with van der Waals surface area (Å²) in [5, 5.41) is 0. The zero-order valence-electron chi connectivity index (χ0n) is 12.9. The maximum Gasteiger partial charge on any atom is 0.164 e. The number of ketones is 1. The monoisotopic (exact) mass is 275 g/mol. The van der Waals surface area contributed by atoms with Gasteiger partial charge in [-0.2, -0.15) is 0 Å². The van der Waals surface area contributed by atoms with Crippen LogP contribution in [0.3, 0.4) is 0 Å². The van der Waals surface area contributed by atoms with Crippen LogP contribution in [0.25, 0.3) is 0 Å². The summed E-state index contributed by atoms with van der Waals surface area (Å²) in [6, 6.07) is 3.94. The van der Waals surface area contributed by atoms with Crippen LogP contribution >= 0.6 is 0 Å². The number of aryl methyl sites for hydroxylation is 2. The smallest absolute Gasteiger partial charge is 0.164 e. The molecule has 2 rings (SSSR count). The Morgan fingerprint density at radius 2 is 1.80 bits per heavy atom. The van der Waals surface area contributed by atoms with Crippen molar-refractivity contribution in [1.82, 2.24) is 4.90 Å². The molecule has 0 bridgehead atoms. The van der Waals surface area contributed by atoms with E-state index in [1.807, 2.05) is 32.9 Å². The first kappa shape index (κ1) is 15.0. The number of rotatable bonds is 6. The molecule has 1 aromatic rings. The average Bonchev–Trinajstić information content (AvgIpc) is 2.89. The Morgan fingerprint density at radius 1 is 1.20 bits per heavy atom. The van der Waals surface area contributed by atoms with Gasteiger partial charge in [-0.05, 0) is 70.0 Å². The number of likely N-dealkylation sites (tertiary alicyclic amines) is 1. The molecule has 1 fully saturated rings. The third-order valence-electron chi connectivity index (χ3n) is 3.95. The van der Waals surface area contributed by atoms with E-state index in [9.17, 15) is 4.79 Å². The topological polar surface area (TPSA) is 29.5 Å². The third kappa shape index (κ3) is 3.60. The van der Waals surface area contributed by atoms with Crippen LogP contribution in [0.15, 0.2) is 12.1 Å². The van der Waals surface area contributed by atoms with E-state index in [4.69, 9.17) is 4.74 Å². The van der Waals surface area contributed by atoms with Crippen molar-refractivity contribution in [2.45, 2.75) is 40.0 Å². The minimum absolute atomic E-state index is 0.259. The minimum atomic E-state index is 0.259. The average molecular weight is 275 g/mol. The predicted octanol–water partition coefficient (Wildman–Crippen LogP) is 3.37. The molecule has 0 radical (unpaired) electrons. The largest absolute Gasteiger partial charge is 0.494 e. The Morgan fingerprint density at radius 3 is 2.35 bits per heavy atom. The summed E-state index contributed by atoms with van der Waals surface area (Å²) in [6.07, 6.45) is 3.17. The summed E-state index contributed by atoms with van der Waals surface area (Å²) in [6.45, 7) is 9.81. The molecule has 110 valence electrons. The molecule has 1 saturated heterocycles. The van der Waals surface area contributed by atoms with Gasteiger partial charge >= 0.3 is 0 Å². The highest BCUT2D eigenvalue weighted by Crippen LogP contribution is 2.23. The molecule has 0 N–H and O–H groups in total. The molecule has 0 aromatic heterocycles. The first-order valence-electron chi connectivity index (χ1n) is 7.61. The lowest BCUT2D eigenvalue weighted by Crippen LogP contribution is -2.23. The van der Waals surface area contributed by atoms with Gasteiger partial charge in [-0.1, -0.05) is 0 Å². The fourth-order valence-corrected chi connectivity index (χ4v) is 3.00. The van der Waals surface area contributed by atoms with Crippen molar-refractivity contribution < 1.29 is 9.53 Å². The standard InChI is InChI=1S/C17H25NO2/c1-4-20-15-11-13(2)17(14(3)12-15)16(19)7-10-18-8-5-6-9-18/h11-12H,4-10H2,1-3H3. The van der Waals surface area contributed by atoms with Gasteiger partial charge in [-0.3, -0.25) is 4.79 Å². The van der Waals surface area contributed by atoms with Gasteiger partial charge in [0.05, 0.1) is 6.61 Å². The van der Waals surface area contributed by atoms with E-state index in [2.05, 4.69) is 4.90 Å². The molecule has 3 heteroatoms. The quantitative estimate of drug-likeness (QED) is 0.745. The number of Topliss-reactive ketones (excluding diaryl/α,β-unsaturated/α-hetero) is 1. The summed E-state index contributed by atoms with van der Waals surface area (Å²) in [5.41, 5.74) is 2.94. The van der Waals surface area contributed by atoms with Crippen molar-refractivity contribution in [3.8, 4) is 5.75 Å². The van der Waals surface area contributed by atoms with Crippen molar-refractivity contribution >= 4 is 5.78 Å². The molecule has 1 aromatic carbocycles. The van der Waals surface area contributed by atoms with E-state index >= 15 is 0 Å². The highest BCUT2D eigenvalue weighted by Gasteiger charge is 2.17. The van der Waals surface area contributed by atoms with Crippen molar-refractivity contribution in [1.29, 1.82) is 0 Å². The van der Waals surface area contributed by atoms with Crippen LogP contribution in [-0.2, 0) is 0 Å². The molecule has 1 aliphatic heterocycles. The van der Waals surface area contributed by atoms with E-state index in [0.29, 0.717) is 13.0 Å². The molecule has 0 saturated carbocycles. The van der Waals surface area contributed by atoms with Gasteiger partial charge in [-0.15, -0.1) is 0 Å². The highest BCUT2D eigenvalue weighted by molar-refractivity contribution is 5.99. The van der Waals surface area contributed by atoms with Gasteiger partial charge in [0.1, 0.15) is 5.75 Å². The fraction of sp³-hybridized carbons (Fsp3) is 0.588. The van der Waals surface area contributed by atoms with Crippen molar-refractivity contribution in [2.75, 3.05) is 26.2 Å². The van der Waals surface area contributed by atoms with Crippen molar-refractivity contribution in [2.24, 2.45) is 0 Å². The Kier molecular flexibility index (Phi) is 5.18. The van der Waals surface area contributed by atoms with Crippen LogP contribution in [0.1, 0.15) is 47.7 Å². The van der Waals surface area contributed by atoms with E-state index in [-0.39, 0.29) is 5.78 Å². The van der Waals surface area contributed by atoms with Gasteiger partial charge < -0.3 is 9.64 Å². The number of carbonyl (C=O) groups is 1. The number of hydrogen-bond donors (Lipinski definition) is 0. The maximum atomic E-state index is 12.4. The zero-order valence-corrected chi connectivity index (χ0v) is 12.9. The Hall–Kier alpha value is -1.35. The second kappa shape index (κ2) is 6.89. The molecule has 1 heterocycles. The molecule has 0 amide bonds. The minimum Gasteiger partial charge on any atom is -0.494 e. The summed E-state index contributed by atoms with van der Waals surface area (Å²) < 4.78 is 5.52. The van der Waals surface area contributed by atoms with Crippen LogP contribution in [0.5, 0.6) is 5.75 Å². The Balaban J connectivity index is 2.04. The molecule has 0 aliphatic carbocycles. The number of nitrogens with zero attached hydrogens (tertiary/aromatic N) is 1. The van der Waals surface area contributed by atoms with Gasteiger partial charge in [0.2, 0.25) is 0 Å². The predicted molar refractivity (Wildman–Crippen MR) is 81.7 cm³/mol. The summed E-state index contributed by atoms with van der Waals surface area (Å²) in [7, 11) is 0. The molecule has 20 heavy (non-hydrogen) atoms. The van der Waals surface area contributed by atoms with E-state index < -0.39 is 0 Å². The SMILES string of the molecule is CCOc1cc(C)c(C(=O)CCN2CCCC2)c(C)c1. The summed E-state index contributed by atoms with van der Waals surface area (Å²) in [4.78, 5) is 14.8. The van der Waals surface area contributed by atoms with Gasteiger partial charge in [-0.25, -0.2) is 0 Å². The van der Waals surface area contributed by atoms with Crippen LogP contribution in [-0.4, -0.2) is 36.9 Å². The highest BCUT2D eigenvalue weighted by atomic mass is 16.5. The Bertz CT molecular complexity index is 453. The van der Waals surface area contributed by atoms with E-state index in [0.717, 1.165) is 42.1 Å². The molecular weight excluding hydrogens is 250 g/mol. The van der Waals surface area contributed by atoms with Crippen LogP contribution < -0.4 is 4.74 Å². The normalized spacial score (nSPS) is 15.6. The third-order valence-corrected chi connectivity index (χ3v) is 3.95. The lowest BCUT2D eigenvalue weighted by atomic mass is 9.97. The van der Waals surface area contributed by atoms with Crippen molar-refractivity contribution in [3.05, 3.63) is 28.8 Å². The summed E-state index contributed by atoms with van der Waals surface area (Å²) in [5.74, 6) is 1.12. The molecule has 0 atom stereocenters. The van der Waals surface area contributed by atoms with Gasteiger partial charge in [0.15, 0.2) is 5.78 Å². The summed E-state index contributed by atoms with van der Waals surface area (Å²) >= 11 is 0. The first-order chi connectivity index (χ1) is 9.61. The second-order valence-corrected chi connectivity index (χ2v) is 5.59. The molecule has 3 nitrogen and oxygen atoms in total.